The number of halogens is 2. The minimum absolute atomic E-state index is 0.0358. The molecule has 1 aliphatic carbocycles. The molecule has 3 aromatic rings. The molecule has 1 saturated carbocycles. The Morgan fingerprint density at radius 2 is 1.59 bits per heavy atom. The minimum atomic E-state index is -3.91. The van der Waals surface area contributed by atoms with E-state index >= 15 is 0 Å². The zero-order valence-corrected chi connectivity index (χ0v) is 22.7. The summed E-state index contributed by atoms with van der Waals surface area (Å²) in [6, 6.07) is 17.0. The number of carbonyl (C=O) groups is 1. The van der Waals surface area contributed by atoms with Crippen molar-refractivity contribution < 1.29 is 18.3 Å². The largest absolute Gasteiger partial charge is 0.478 e. The van der Waals surface area contributed by atoms with E-state index in [1.54, 1.807) is 13.1 Å². The van der Waals surface area contributed by atoms with E-state index in [9.17, 15) is 18.3 Å². The SMILES string of the molecule is CN1[C@H](C2CCCCC2)CN(c2ccccc2)c2cc(Cl)c(-c3cc(C(=O)O)ccc3Cl)cc2S1(=O)=O. The summed E-state index contributed by atoms with van der Waals surface area (Å²) in [4.78, 5) is 13.8. The fourth-order valence-electron chi connectivity index (χ4n) is 5.58. The summed E-state index contributed by atoms with van der Waals surface area (Å²) in [6.45, 7) is 0.502. The van der Waals surface area contributed by atoms with Crippen LogP contribution in [0.1, 0.15) is 42.5 Å². The fourth-order valence-corrected chi connectivity index (χ4v) is 7.67. The predicted molar refractivity (Wildman–Crippen MR) is 148 cm³/mol. The number of sulfonamides is 1. The van der Waals surface area contributed by atoms with Gasteiger partial charge >= 0.3 is 5.97 Å². The Morgan fingerprint density at radius 1 is 0.919 bits per heavy atom. The molecule has 9 heteroatoms. The lowest BCUT2D eigenvalue weighted by atomic mass is 9.83. The molecule has 1 heterocycles. The Labute approximate surface area is 227 Å². The van der Waals surface area contributed by atoms with Crippen molar-refractivity contribution in [2.75, 3.05) is 18.5 Å². The second-order valence-corrected chi connectivity index (χ2v) is 12.5. The number of para-hydroxylation sites is 1. The molecule has 0 radical (unpaired) electrons. The molecule has 0 saturated heterocycles. The number of anilines is 2. The fraction of sp³-hybridized carbons (Fsp3) is 0.321. The Morgan fingerprint density at radius 3 is 2.27 bits per heavy atom. The van der Waals surface area contributed by atoms with Crippen molar-refractivity contribution in [3.8, 4) is 11.1 Å². The molecule has 1 fully saturated rings. The number of carboxylic acid groups (broad SMARTS) is 1. The van der Waals surface area contributed by atoms with Crippen molar-refractivity contribution in [3.63, 3.8) is 0 Å². The van der Waals surface area contributed by atoms with E-state index in [0.717, 1.165) is 31.4 Å². The van der Waals surface area contributed by atoms with Crippen molar-refractivity contribution in [2.24, 2.45) is 5.92 Å². The van der Waals surface area contributed by atoms with Gasteiger partial charge in [-0.2, -0.15) is 4.31 Å². The highest BCUT2D eigenvalue weighted by molar-refractivity contribution is 7.89. The molecule has 0 bridgehead atoms. The molecule has 0 spiro atoms. The maximum Gasteiger partial charge on any atom is 0.335 e. The molecule has 1 atom stereocenters. The van der Waals surface area contributed by atoms with E-state index in [1.807, 2.05) is 35.2 Å². The zero-order valence-electron chi connectivity index (χ0n) is 20.4. The van der Waals surface area contributed by atoms with Crippen LogP contribution in [0.2, 0.25) is 10.0 Å². The van der Waals surface area contributed by atoms with Crippen LogP contribution in [0.5, 0.6) is 0 Å². The zero-order chi connectivity index (χ0) is 26.3. The van der Waals surface area contributed by atoms with Crippen LogP contribution < -0.4 is 4.90 Å². The monoisotopic (exact) mass is 558 g/mol. The van der Waals surface area contributed by atoms with Crippen molar-refractivity contribution >= 4 is 50.6 Å². The third kappa shape index (κ3) is 4.86. The van der Waals surface area contributed by atoms with Gasteiger partial charge in [-0.15, -0.1) is 0 Å². The molecular weight excluding hydrogens is 531 g/mol. The van der Waals surface area contributed by atoms with Gasteiger partial charge < -0.3 is 10.0 Å². The smallest absolute Gasteiger partial charge is 0.335 e. The van der Waals surface area contributed by atoms with Gasteiger partial charge in [0, 0.05) is 41.5 Å². The van der Waals surface area contributed by atoms with E-state index in [-0.39, 0.29) is 32.5 Å². The molecule has 1 N–H and O–H groups in total. The first-order valence-corrected chi connectivity index (χ1v) is 14.6. The third-order valence-electron chi connectivity index (χ3n) is 7.60. The van der Waals surface area contributed by atoms with Crippen molar-refractivity contribution in [1.82, 2.24) is 4.31 Å². The van der Waals surface area contributed by atoms with Gasteiger partial charge in [0.25, 0.3) is 0 Å². The highest BCUT2D eigenvalue weighted by Crippen LogP contribution is 2.45. The standard InChI is InChI=1S/C28H28Cl2N2O4S/c1-31-26(18-8-4-2-5-9-18)17-32(20-10-6-3-7-11-20)25-16-24(30)22(15-27(25)37(31,35)36)21-14-19(28(33)34)12-13-23(21)29/h3,6-7,10-16,18,26H,2,4-5,8-9,17H2,1H3,(H,33,34)/t26-/m0/s1. The highest BCUT2D eigenvalue weighted by Gasteiger charge is 2.41. The Kier molecular flexibility index (Phi) is 7.24. The van der Waals surface area contributed by atoms with Gasteiger partial charge in [-0.3, -0.25) is 0 Å². The Bertz CT molecular complexity index is 1440. The summed E-state index contributed by atoms with van der Waals surface area (Å²) < 4.78 is 29.8. The minimum Gasteiger partial charge on any atom is -0.478 e. The van der Waals surface area contributed by atoms with Crippen LogP contribution in [-0.4, -0.2) is 43.4 Å². The third-order valence-corrected chi connectivity index (χ3v) is 10.2. The number of likely N-dealkylation sites (N-methyl/N-ethyl adjacent to an activating group) is 1. The molecule has 194 valence electrons. The first-order chi connectivity index (χ1) is 17.7. The van der Waals surface area contributed by atoms with Gasteiger partial charge in [-0.25, -0.2) is 13.2 Å². The van der Waals surface area contributed by atoms with Gasteiger partial charge in [-0.1, -0.05) is 60.7 Å². The number of nitrogens with zero attached hydrogens (tertiary/aromatic N) is 2. The molecule has 0 amide bonds. The number of aromatic carboxylic acids is 1. The maximum absolute atomic E-state index is 14.1. The van der Waals surface area contributed by atoms with E-state index in [4.69, 9.17) is 23.2 Å². The normalized spacial score (nSPS) is 20.3. The van der Waals surface area contributed by atoms with Crippen LogP contribution in [-0.2, 0) is 10.0 Å². The second-order valence-electron chi connectivity index (χ2n) is 9.73. The summed E-state index contributed by atoms with van der Waals surface area (Å²) in [7, 11) is -2.24. The second kappa shape index (κ2) is 10.3. The van der Waals surface area contributed by atoms with Gasteiger partial charge in [0.1, 0.15) is 4.90 Å². The van der Waals surface area contributed by atoms with Crippen LogP contribution in [0.25, 0.3) is 11.1 Å². The van der Waals surface area contributed by atoms with Crippen LogP contribution in [0.4, 0.5) is 11.4 Å². The summed E-state index contributed by atoms with van der Waals surface area (Å²) >= 11 is 13.2. The Balaban J connectivity index is 1.73. The summed E-state index contributed by atoms with van der Waals surface area (Å²) in [6.07, 6.45) is 5.36. The van der Waals surface area contributed by atoms with E-state index in [1.165, 1.54) is 35.0 Å². The quantitative estimate of drug-likeness (QED) is 0.370. The van der Waals surface area contributed by atoms with Crippen LogP contribution >= 0.6 is 23.2 Å². The lowest BCUT2D eigenvalue weighted by molar-refractivity contribution is 0.0697. The number of fused-ring (bicyclic) bond motifs is 1. The lowest BCUT2D eigenvalue weighted by Crippen LogP contribution is -2.46. The first kappa shape index (κ1) is 26.0. The van der Waals surface area contributed by atoms with Gasteiger partial charge in [0.05, 0.1) is 16.3 Å². The van der Waals surface area contributed by atoms with E-state index in [0.29, 0.717) is 23.4 Å². The summed E-state index contributed by atoms with van der Waals surface area (Å²) in [5, 5.41) is 10.1. The van der Waals surface area contributed by atoms with E-state index < -0.39 is 16.0 Å². The van der Waals surface area contributed by atoms with Gasteiger partial charge in [0.15, 0.2) is 0 Å². The molecular formula is C28H28Cl2N2O4S. The molecule has 2 aliphatic rings. The Hall–Kier alpha value is -2.58. The number of rotatable bonds is 4. The van der Waals surface area contributed by atoms with Crippen molar-refractivity contribution in [1.29, 1.82) is 0 Å². The molecule has 5 rings (SSSR count). The number of benzene rings is 3. The molecule has 1 aliphatic heterocycles. The van der Waals surface area contributed by atoms with Crippen LogP contribution in [0.3, 0.4) is 0 Å². The van der Waals surface area contributed by atoms with E-state index in [2.05, 4.69) is 0 Å². The number of carboxylic acids is 1. The first-order valence-electron chi connectivity index (χ1n) is 12.4. The van der Waals surface area contributed by atoms with Crippen molar-refractivity contribution in [3.05, 3.63) is 76.3 Å². The predicted octanol–water partition coefficient (Wildman–Crippen LogP) is 7.08. The highest BCUT2D eigenvalue weighted by atomic mass is 35.5. The molecule has 37 heavy (non-hydrogen) atoms. The number of hydrogen-bond donors (Lipinski definition) is 1. The van der Waals surface area contributed by atoms with Crippen molar-refractivity contribution in [2.45, 2.75) is 43.0 Å². The average Bonchev–Trinajstić information content (AvgIpc) is 2.97. The molecule has 0 aromatic heterocycles. The molecule has 6 nitrogen and oxygen atoms in total. The van der Waals surface area contributed by atoms with Crippen LogP contribution in [0, 0.1) is 5.92 Å². The maximum atomic E-state index is 14.1. The van der Waals surface area contributed by atoms with Gasteiger partial charge in [0.2, 0.25) is 10.0 Å². The van der Waals surface area contributed by atoms with Gasteiger partial charge in [-0.05, 0) is 61.2 Å². The lowest BCUT2D eigenvalue weighted by Gasteiger charge is -2.36. The van der Waals surface area contributed by atoms with Crippen LogP contribution in [0.15, 0.2) is 65.6 Å². The molecule has 0 unspecified atom stereocenters. The molecule has 3 aromatic carbocycles. The average molecular weight is 560 g/mol. The topological polar surface area (TPSA) is 77.9 Å². The summed E-state index contributed by atoms with van der Waals surface area (Å²) in [5.74, 6) is -0.854. The summed E-state index contributed by atoms with van der Waals surface area (Å²) in [5.41, 5.74) is 2.15. The number of hydrogen-bond acceptors (Lipinski definition) is 4.